The molecule has 1 N–H and O–H groups in total. The Morgan fingerprint density at radius 3 is 2.46 bits per heavy atom. The van der Waals surface area contributed by atoms with Gasteiger partial charge in [-0.15, -0.1) is 0 Å². The van der Waals surface area contributed by atoms with Gasteiger partial charge in [0.1, 0.15) is 6.04 Å². The topological polar surface area (TPSA) is 81.1 Å². The fourth-order valence-corrected chi connectivity index (χ4v) is 2.83. The predicted molar refractivity (Wildman–Crippen MR) is 100 cm³/mol. The maximum Gasteiger partial charge on any atom is 0.261 e. The van der Waals surface area contributed by atoms with E-state index in [0.29, 0.717) is 28.6 Å². The molecule has 26 heavy (non-hydrogen) atoms. The first-order valence-electron chi connectivity index (χ1n) is 8.39. The van der Waals surface area contributed by atoms with Crippen molar-refractivity contribution in [2.45, 2.75) is 26.3 Å². The fourth-order valence-electron chi connectivity index (χ4n) is 2.83. The van der Waals surface area contributed by atoms with Crippen LogP contribution in [0.3, 0.4) is 0 Å². The van der Waals surface area contributed by atoms with Gasteiger partial charge in [-0.05, 0) is 49.7 Å². The number of para-hydroxylation sites is 1. The van der Waals surface area contributed by atoms with Gasteiger partial charge < -0.3 is 5.32 Å². The van der Waals surface area contributed by atoms with Crippen molar-refractivity contribution < 1.29 is 9.59 Å². The molecule has 0 bridgehead atoms. The van der Waals surface area contributed by atoms with Crippen LogP contribution in [0.25, 0.3) is 10.9 Å². The van der Waals surface area contributed by atoms with Gasteiger partial charge in [0.25, 0.3) is 5.56 Å². The van der Waals surface area contributed by atoms with Gasteiger partial charge in [0, 0.05) is 11.3 Å². The molecule has 1 amide bonds. The van der Waals surface area contributed by atoms with Crippen molar-refractivity contribution >= 4 is 28.3 Å². The Balaban J connectivity index is 1.88. The summed E-state index contributed by atoms with van der Waals surface area (Å²) in [6.45, 7) is 3.32. The third kappa shape index (κ3) is 3.39. The van der Waals surface area contributed by atoms with E-state index in [9.17, 15) is 14.4 Å². The molecule has 132 valence electrons. The van der Waals surface area contributed by atoms with Crippen molar-refractivity contribution in [1.82, 2.24) is 9.55 Å². The number of ketones is 1. The van der Waals surface area contributed by atoms with Crippen molar-refractivity contribution in [3.8, 4) is 0 Å². The van der Waals surface area contributed by atoms with Crippen molar-refractivity contribution in [3.05, 3.63) is 70.8 Å². The molecule has 1 atom stereocenters. The van der Waals surface area contributed by atoms with Crippen molar-refractivity contribution in [3.63, 3.8) is 0 Å². The molecule has 2 aromatic carbocycles. The summed E-state index contributed by atoms with van der Waals surface area (Å²) in [6, 6.07) is 13.0. The molecule has 0 unspecified atom stereocenters. The van der Waals surface area contributed by atoms with Gasteiger partial charge >= 0.3 is 0 Å². The van der Waals surface area contributed by atoms with E-state index in [2.05, 4.69) is 10.3 Å². The normalized spacial score (nSPS) is 11.9. The molecule has 0 saturated carbocycles. The number of carbonyl (C=O) groups is 2. The van der Waals surface area contributed by atoms with Gasteiger partial charge in [0.15, 0.2) is 5.78 Å². The van der Waals surface area contributed by atoms with E-state index in [1.807, 2.05) is 13.0 Å². The molecule has 6 heteroatoms. The number of nitrogens with zero attached hydrogens (tertiary/aromatic N) is 2. The number of fused-ring (bicyclic) bond motifs is 1. The Labute approximate surface area is 150 Å². The molecule has 1 aromatic heterocycles. The Morgan fingerprint density at radius 1 is 1.12 bits per heavy atom. The largest absolute Gasteiger partial charge is 0.324 e. The van der Waals surface area contributed by atoms with Gasteiger partial charge in [-0.25, -0.2) is 4.98 Å². The molecular formula is C20H19N3O3. The van der Waals surface area contributed by atoms with Crippen molar-refractivity contribution in [1.29, 1.82) is 0 Å². The highest BCUT2D eigenvalue weighted by molar-refractivity contribution is 5.96. The number of aromatic nitrogens is 2. The summed E-state index contributed by atoms with van der Waals surface area (Å²) < 4.78 is 1.36. The van der Waals surface area contributed by atoms with Crippen molar-refractivity contribution in [2.75, 3.05) is 5.32 Å². The second-order valence-corrected chi connectivity index (χ2v) is 6.02. The lowest BCUT2D eigenvalue weighted by molar-refractivity contribution is -0.119. The van der Waals surface area contributed by atoms with E-state index in [1.165, 1.54) is 17.8 Å². The Bertz CT molecular complexity index is 1020. The molecule has 3 rings (SSSR count). The third-order valence-corrected chi connectivity index (χ3v) is 4.27. The molecule has 0 saturated heterocycles. The number of hydrogen-bond donors (Lipinski definition) is 1. The lowest BCUT2D eigenvalue weighted by Crippen LogP contribution is -2.33. The van der Waals surface area contributed by atoms with Crippen LogP contribution in [0.5, 0.6) is 0 Å². The second-order valence-electron chi connectivity index (χ2n) is 6.02. The van der Waals surface area contributed by atoms with E-state index in [4.69, 9.17) is 0 Å². The monoisotopic (exact) mass is 349 g/mol. The zero-order valence-corrected chi connectivity index (χ0v) is 14.6. The molecule has 0 radical (unpaired) electrons. The summed E-state index contributed by atoms with van der Waals surface area (Å²) in [5, 5.41) is 3.27. The Kier molecular flexibility index (Phi) is 4.93. The minimum atomic E-state index is -0.674. The van der Waals surface area contributed by atoms with Gasteiger partial charge in [-0.1, -0.05) is 19.1 Å². The second kappa shape index (κ2) is 7.31. The van der Waals surface area contributed by atoms with Crippen LogP contribution in [-0.4, -0.2) is 21.2 Å². The van der Waals surface area contributed by atoms with Gasteiger partial charge in [-0.2, -0.15) is 0 Å². The minimum absolute atomic E-state index is 0.0388. The van der Waals surface area contributed by atoms with E-state index in [-0.39, 0.29) is 17.2 Å². The SMILES string of the molecule is CC[C@H](C(=O)Nc1ccc(C(C)=O)cc1)n1cnc2ccccc2c1=O. The molecule has 0 aliphatic rings. The average molecular weight is 349 g/mol. The van der Waals surface area contributed by atoms with Crippen LogP contribution in [0, 0.1) is 0 Å². The molecule has 0 aliphatic carbocycles. The van der Waals surface area contributed by atoms with E-state index in [0.717, 1.165) is 0 Å². The smallest absolute Gasteiger partial charge is 0.261 e. The summed E-state index contributed by atoms with van der Waals surface area (Å²) in [5.74, 6) is -0.342. The summed E-state index contributed by atoms with van der Waals surface area (Å²) in [4.78, 5) is 41.0. The van der Waals surface area contributed by atoms with E-state index in [1.54, 1.807) is 42.5 Å². The van der Waals surface area contributed by atoms with Gasteiger partial charge in [0.05, 0.1) is 17.2 Å². The van der Waals surface area contributed by atoms with Crippen LogP contribution in [-0.2, 0) is 4.79 Å². The number of amides is 1. The Morgan fingerprint density at radius 2 is 1.81 bits per heavy atom. The number of Topliss-reactive ketones (excluding diaryl/α,β-unsaturated/α-hetero) is 1. The number of rotatable bonds is 5. The molecule has 0 spiro atoms. The molecule has 3 aromatic rings. The minimum Gasteiger partial charge on any atom is -0.324 e. The first kappa shape index (κ1) is 17.5. The highest BCUT2D eigenvalue weighted by Gasteiger charge is 2.21. The highest BCUT2D eigenvalue weighted by Crippen LogP contribution is 2.16. The maximum atomic E-state index is 12.7. The fraction of sp³-hybridized carbons (Fsp3) is 0.200. The first-order valence-corrected chi connectivity index (χ1v) is 8.39. The average Bonchev–Trinajstić information content (AvgIpc) is 2.65. The van der Waals surface area contributed by atoms with Crippen LogP contribution in [0.1, 0.15) is 36.7 Å². The standard InChI is InChI=1S/C20H19N3O3/c1-3-18(19(25)22-15-10-8-14(9-11-15)13(2)24)23-12-21-17-7-5-4-6-16(17)20(23)26/h4-12,18H,3H2,1-2H3,(H,22,25)/t18-/m1/s1. The maximum absolute atomic E-state index is 12.7. The molecule has 0 aliphatic heterocycles. The zero-order chi connectivity index (χ0) is 18.7. The lowest BCUT2D eigenvalue weighted by Gasteiger charge is -2.18. The zero-order valence-electron chi connectivity index (χ0n) is 14.6. The Hall–Kier alpha value is -3.28. The van der Waals surface area contributed by atoms with Crippen molar-refractivity contribution in [2.24, 2.45) is 0 Å². The van der Waals surface area contributed by atoms with Crippen LogP contribution in [0.2, 0.25) is 0 Å². The number of anilines is 1. The number of nitrogens with one attached hydrogen (secondary N) is 1. The predicted octanol–water partition coefficient (Wildman–Crippen LogP) is 3.19. The van der Waals surface area contributed by atoms with Crippen LogP contribution in [0.15, 0.2) is 59.7 Å². The molecule has 6 nitrogen and oxygen atoms in total. The van der Waals surface area contributed by atoms with E-state index < -0.39 is 6.04 Å². The first-order chi connectivity index (χ1) is 12.5. The summed E-state index contributed by atoms with van der Waals surface area (Å²) >= 11 is 0. The molecular weight excluding hydrogens is 330 g/mol. The number of hydrogen-bond acceptors (Lipinski definition) is 4. The summed E-state index contributed by atoms with van der Waals surface area (Å²) in [5.41, 5.74) is 1.50. The number of benzene rings is 2. The summed E-state index contributed by atoms with van der Waals surface area (Å²) in [7, 11) is 0. The third-order valence-electron chi connectivity index (χ3n) is 4.27. The van der Waals surface area contributed by atoms with Gasteiger partial charge in [0.2, 0.25) is 5.91 Å². The summed E-state index contributed by atoms with van der Waals surface area (Å²) in [6.07, 6.45) is 1.86. The molecule has 1 heterocycles. The molecule has 0 fully saturated rings. The van der Waals surface area contributed by atoms with Crippen LogP contribution >= 0.6 is 0 Å². The van der Waals surface area contributed by atoms with E-state index >= 15 is 0 Å². The number of carbonyl (C=O) groups excluding carboxylic acids is 2. The van der Waals surface area contributed by atoms with Gasteiger partial charge in [-0.3, -0.25) is 19.0 Å². The quantitative estimate of drug-likeness (QED) is 0.717. The highest BCUT2D eigenvalue weighted by atomic mass is 16.2. The van der Waals surface area contributed by atoms with Crippen LogP contribution < -0.4 is 10.9 Å². The lowest BCUT2D eigenvalue weighted by atomic mass is 10.1. The van der Waals surface area contributed by atoms with Crippen LogP contribution in [0.4, 0.5) is 5.69 Å².